The van der Waals surface area contributed by atoms with Gasteiger partial charge in [0.2, 0.25) is 0 Å². The highest BCUT2D eigenvalue weighted by Crippen LogP contribution is 2.18. The molecule has 0 saturated heterocycles. The molecule has 0 saturated carbocycles. The van der Waals surface area contributed by atoms with Crippen LogP contribution in [0.3, 0.4) is 0 Å². The molecule has 2 aromatic carbocycles. The van der Waals surface area contributed by atoms with Crippen molar-refractivity contribution in [1.29, 1.82) is 0 Å². The molecule has 0 amide bonds. The van der Waals surface area contributed by atoms with Gasteiger partial charge in [-0.2, -0.15) is 0 Å². The minimum absolute atomic E-state index is 0.585. The van der Waals surface area contributed by atoms with Crippen molar-refractivity contribution in [3.63, 3.8) is 0 Å². The Balaban J connectivity index is 1.97. The normalized spacial score (nSPS) is 9.75. The van der Waals surface area contributed by atoms with E-state index in [0.717, 1.165) is 17.0 Å². The maximum Gasteiger partial charge on any atom is 0.119 e. The Morgan fingerprint density at radius 2 is 1.62 bits per heavy atom. The molecule has 0 aromatic heterocycles. The van der Waals surface area contributed by atoms with Crippen LogP contribution in [0.25, 0.3) is 0 Å². The fourth-order valence-electron chi connectivity index (χ4n) is 1.39. The Bertz CT molecular complexity index is 448. The molecule has 0 fully saturated rings. The number of benzene rings is 2. The van der Waals surface area contributed by atoms with E-state index in [2.05, 4.69) is 11.7 Å². The standard InChI is InChI=1S/C14H13NO/c1-15-13-7-9-14(10-8-13)16-11-12-5-3-2-4-6-12/h2-10H,1,11H2. The summed E-state index contributed by atoms with van der Waals surface area (Å²) in [5.74, 6) is 0.844. The Labute approximate surface area is 95.2 Å². The van der Waals surface area contributed by atoms with Crippen LogP contribution in [0.15, 0.2) is 59.6 Å². The summed E-state index contributed by atoms with van der Waals surface area (Å²) in [5.41, 5.74) is 2.01. The number of aliphatic imine (C=N–C) groups is 1. The predicted molar refractivity (Wildman–Crippen MR) is 66.4 cm³/mol. The Kier molecular flexibility index (Phi) is 3.34. The van der Waals surface area contributed by atoms with Gasteiger partial charge in [0.1, 0.15) is 12.4 Å². The van der Waals surface area contributed by atoms with Crippen molar-refractivity contribution >= 4 is 12.4 Å². The molecular formula is C14H13NO. The zero-order chi connectivity index (χ0) is 11.2. The highest BCUT2D eigenvalue weighted by atomic mass is 16.5. The quantitative estimate of drug-likeness (QED) is 0.708. The molecule has 0 N–H and O–H groups in total. The molecule has 16 heavy (non-hydrogen) atoms. The Morgan fingerprint density at radius 1 is 0.938 bits per heavy atom. The first kappa shape index (κ1) is 10.4. The summed E-state index contributed by atoms with van der Waals surface area (Å²) in [6.45, 7) is 4.05. The van der Waals surface area contributed by atoms with Crippen LogP contribution in [0.1, 0.15) is 5.56 Å². The van der Waals surface area contributed by atoms with Gasteiger partial charge in [0.25, 0.3) is 0 Å². The van der Waals surface area contributed by atoms with Crippen LogP contribution in [-0.4, -0.2) is 6.72 Å². The van der Waals surface area contributed by atoms with Crippen LogP contribution in [0.2, 0.25) is 0 Å². The van der Waals surface area contributed by atoms with Gasteiger partial charge in [0.05, 0.1) is 5.69 Å². The number of ether oxygens (including phenoxy) is 1. The van der Waals surface area contributed by atoms with Gasteiger partial charge >= 0.3 is 0 Å². The zero-order valence-corrected chi connectivity index (χ0v) is 8.97. The first-order valence-electron chi connectivity index (χ1n) is 5.12. The highest BCUT2D eigenvalue weighted by Gasteiger charge is 1.95. The van der Waals surface area contributed by atoms with E-state index >= 15 is 0 Å². The molecule has 0 heterocycles. The van der Waals surface area contributed by atoms with Crippen molar-refractivity contribution in [1.82, 2.24) is 0 Å². The molecule has 0 aliphatic carbocycles. The second-order valence-corrected chi connectivity index (χ2v) is 3.43. The fraction of sp³-hybridized carbons (Fsp3) is 0.0714. The minimum Gasteiger partial charge on any atom is -0.489 e. The lowest BCUT2D eigenvalue weighted by atomic mass is 10.2. The van der Waals surface area contributed by atoms with Crippen LogP contribution in [0.4, 0.5) is 5.69 Å². The summed E-state index contributed by atoms with van der Waals surface area (Å²) >= 11 is 0. The lowest BCUT2D eigenvalue weighted by molar-refractivity contribution is 0.306. The average molecular weight is 211 g/mol. The molecule has 0 aliphatic heterocycles. The number of rotatable bonds is 4. The smallest absolute Gasteiger partial charge is 0.119 e. The van der Waals surface area contributed by atoms with Crippen molar-refractivity contribution in [3.05, 3.63) is 60.2 Å². The lowest BCUT2D eigenvalue weighted by Crippen LogP contribution is -1.94. The largest absolute Gasteiger partial charge is 0.489 e. The maximum atomic E-state index is 5.63. The third kappa shape index (κ3) is 2.70. The third-order valence-electron chi connectivity index (χ3n) is 2.27. The monoisotopic (exact) mass is 211 g/mol. The summed E-state index contributed by atoms with van der Waals surface area (Å²) in [7, 11) is 0. The van der Waals surface area contributed by atoms with Crippen molar-refractivity contribution in [2.75, 3.05) is 0 Å². The van der Waals surface area contributed by atoms with Crippen molar-refractivity contribution < 1.29 is 4.74 Å². The molecule has 0 unspecified atom stereocenters. The number of hydrogen-bond acceptors (Lipinski definition) is 2. The summed E-state index contributed by atoms with van der Waals surface area (Å²) in [6, 6.07) is 17.6. The lowest BCUT2D eigenvalue weighted by Gasteiger charge is -2.05. The van der Waals surface area contributed by atoms with E-state index in [0.29, 0.717) is 6.61 Å². The van der Waals surface area contributed by atoms with Crippen LogP contribution in [-0.2, 0) is 6.61 Å². The molecule has 0 radical (unpaired) electrons. The van der Waals surface area contributed by atoms with Crippen molar-refractivity contribution in [2.24, 2.45) is 4.99 Å². The van der Waals surface area contributed by atoms with Gasteiger partial charge in [-0.05, 0) is 36.5 Å². The molecule has 0 aliphatic rings. The van der Waals surface area contributed by atoms with E-state index in [9.17, 15) is 0 Å². The molecule has 2 rings (SSSR count). The van der Waals surface area contributed by atoms with Gasteiger partial charge in [0.15, 0.2) is 0 Å². The van der Waals surface area contributed by atoms with Gasteiger partial charge in [-0.3, -0.25) is 4.99 Å². The maximum absolute atomic E-state index is 5.63. The predicted octanol–water partition coefficient (Wildman–Crippen LogP) is 3.60. The molecule has 0 spiro atoms. The summed E-state index contributed by atoms with van der Waals surface area (Å²) in [6.07, 6.45) is 0. The summed E-state index contributed by atoms with van der Waals surface area (Å²) < 4.78 is 5.63. The Morgan fingerprint density at radius 3 is 2.25 bits per heavy atom. The fourth-order valence-corrected chi connectivity index (χ4v) is 1.39. The summed E-state index contributed by atoms with van der Waals surface area (Å²) in [4.78, 5) is 3.82. The minimum atomic E-state index is 0.585. The van der Waals surface area contributed by atoms with Gasteiger partial charge in [0, 0.05) is 0 Å². The number of nitrogens with zero attached hydrogens (tertiary/aromatic N) is 1. The highest BCUT2D eigenvalue weighted by molar-refractivity contribution is 5.47. The molecule has 2 heteroatoms. The van der Waals surface area contributed by atoms with E-state index in [-0.39, 0.29) is 0 Å². The molecule has 0 bridgehead atoms. The second-order valence-electron chi connectivity index (χ2n) is 3.43. The van der Waals surface area contributed by atoms with E-state index < -0.39 is 0 Å². The molecule has 2 aromatic rings. The Hall–Kier alpha value is -2.09. The number of hydrogen-bond donors (Lipinski definition) is 0. The van der Waals surface area contributed by atoms with Gasteiger partial charge in [-0.25, -0.2) is 0 Å². The molecule has 2 nitrogen and oxygen atoms in total. The van der Waals surface area contributed by atoms with E-state index in [4.69, 9.17) is 4.74 Å². The van der Waals surface area contributed by atoms with Gasteiger partial charge < -0.3 is 4.74 Å². The van der Waals surface area contributed by atoms with Gasteiger partial charge in [-0.1, -0.05) is 30.3 Å². The third-order valence-corrected chi connectivity index (χ3v) is 2.27. The molecule has 0 atom stereocenters. The van der Waals surface area contributed by atoms with E-state index in [1.165, 1.54) is 0 Å². The van der Waals surface area contributed by atoms with Crippen molar-refractivity contribution in [3.8, 4) is 5.75 Å². The van der Waals surface area contributed by atoms with Crippen LogP contribution >= 0.6 is 0 Å². The summed E-state index contributed by atoms with van der Waals surface area (Å²) in [5, 5.41) is 0. The second kappa shape index (κ2) is 5.12. The van der Waals surface area contributed by atoms with Crippen LogP contribution in [0, 0.1) is 0 Å². The first-order valence-corrected chi connectivity index (χ1v) is 5.12. The molecular weight excluding hydrogens is 198 g/mol. The van der Waals surface area contributed by atoms with Crippen LogP contribution < -0.4 is 4.74 Å². The zero-order valence-electron chi connectivity index (χ0n) is 8.97. The topological polar surface area (TPSA) is 21.6 Å². The van der Waals surface area contributed by atoms with Crippen LogP contribution in [0.5, 0.6) is 5.75 Å². The van der Waals surface area contributed by atoms with E-state index in [1.807, 2.05) is 54.6 Å². The van der Waals surface area contributed by atoms with Gasteiger partial charge in [-0.15, -0.1) is 0 Å². The van der Waals surface area contributed by atoms with E-state index in [1.54, 1.807) is 0 Å². The average Bonchev–Trinajstić information content (AvgIpc) is 2.38. The van der Waals surface area contributed by atoms with Crippen molar-refractivity contribution in [2.45, 2.75) is 6.61 Å². The first-order chi connectivity index (χ1) is 7.88. The SMILES string of the molecule is C=Nc1ccc(OCc2ccccc2)cc1. The molecule has 80 valence electrons.